The first-order chi connectivity index (χ1) is 6.87. The second kappa shape index (κ2) is 6.41. The van der Waals surface area contributed by atoms with Crippen molar-refractivity contribution in [1.82, 2.24) is 10.6 Å². The lowest BCUT2D eigenvalue weighted by atomic mass is 10.1. The van der Waals surface area contributed by atoms with E-state index in [-0.39, 0.29) is 17.5 Å². The Hall–Kier alpha value is -1.08. The first kappa shape index (κ1) is 13.9. The maximum absolute atomic E-state index is 11.6. The van der Waals surface area contributed by atoms with Gasteiger partial charge in [0.2, 0.25) is 5.91 Å². The summed E-state index contributed by atoms with van der Waals surface area (Å²) in [5, 5.41) is 14.3. The molecular formula is C11H21N3O. The van der Waals surface area contributed by atoms with E-state index in [4.69, 9.17) is 5.26 Å². The van der Waals surface area contributed by atoms with Gasteiger partial charge in [0.1, 0.15) is 0 Å². The Morgan fingerprint density at radius 3 is 2.53 bits per heavy atom. The fraction of sp³-hybridized carbons (Fsp3) is 0.818. The molecule has 0 saturated carbocycles. The molecule has 86 valence electrons. The number of hydrogen-bond donors (Lipinski definition) is 2. The van der Waals surface area contributed by atoms with Crippen LogP contribution >= 0.6 is 0 Å². The molecule has 0 aliphatic rings. The van der Waals surface area contributed by atoms with Crippen LogP contribution in [-0.2, 0) is 4.79 Å². The lowest BCUT2D eigenvalue weighted by Gasteiger charge is -2.23. The second-order valence-electron chi connectivity index (χ2n) is 4.68. The zero-order valence-corrected chi connectivity index (χ0v) is 10.1. The molecule has 0 aliphatic heterocycles. The molecule has 0 aromatic carbocycles. The number of nitriles is 1. The number of unbranched alkanes of at least 4 members (excludes halogenated alkanes) is 1. The Morgan fingerprint density at radius 1 is 1.47 bits per heavy atom. The fourth-order valence-corrected chi connectivity index (χ4v) is 1.06. The van der Waals surface area contributed by atoms with Crippen LogP contribution in [0.3, 0.4) is 0 Å². The molecule has 1 amide bonds. The van der Waals surface area contributed by atoms with Crippen molar-refractivity contribution in [3.05, 3.63) is 0 Å². The van der Waals surface area contributed by atoms with Crippen molar-refractivity contribution < 1.29 is 4.79 Å². The zero-order chi connectivity index (χ0) is 11.9. The summed E-state index contributed by atoms with van der Waals surface area (Å²) >= 11 is 0. The van der Waals surface area contributed by atoms with Crippen molar-refractivity contribution in [3.8, 4) is 6.07 Å². The molecule has 1 unspecified atom stereocenters. The molecule has 0 rings (SSSR count). The van der Waals surface area contributed by atoms with E-state index >= 15 is 0 Å². The molecule has 0 aromatic rings. The number of rotatable bonds is 5. The van der Waals surface area contributed by atoms with Crippen LogP contribution in [0.5, 0.6) is 0 Å². The quantitative estimate of drug-likeness (QED) is 0.671. The minimum absolute atomic E-state index is 0.000502. The Morgan fingerprint density at radius 2 is 2.07 bits per heavy atom. The van der Waals surface area contributed by atoms with Crippen LogP contribution in [0.25, 0.3) is 0 Å². The smallest absolute Gasteiger partial charge is 0.237 e. The number of nitrogens with one attached hydrogen (secondary N) is 2. The number of amides is 1. The van der Waals surface area contributed by atoms with E-state index in [0.29, 0.717) is 13.0 Å². The number of carbonyl (C=O) groups excluding carboxylic acids is 1. The summed E-state index contributed by atoms with van der Waals surface area (Å²) in [4.78, 5) is 11.6. The zero-order valence-electron chi connectivity index (χ0n) is 10.1. The third kappa shape index (κ3) is 7.95. The molecule has 0 aliphatic carbocycles. The van der Waals surface area contributed by atoms with Gasteiger partial charge in [0, 0.05) is 12.0 Å². The van der Waals surface area contributed by atoms with Gasteiger partial charge >= 0.3 is 0 Å². The van der Waals surface area contributed by atoms with Gasteiger partial charge < -0.3 is 10.6 Å². The van der Waals surface area contributed by atoms with Crippen molar-refractivity contribution in [2.45, 2.75) is 52.1 Å². The van der Waals surface area contributed by atoms with Gasteiger partial charge in [-0.15, -0.1) is 0 Å². The maximum atomic E-state index is 11.6. The molecule has 0 radical (unpaired) electrons. The highest BCUT2D eigenvalue weighted by atomic mass is 16.2. The summed E-state index contributed by atoms with van der Waals surface area (Å²) in [7, 11) is 0. The average molecular weight is 211 g/mol. The average Bonchev–Trinajstić information content (AvgIpc) is 2.09. The number of hydrogen-bond acceptors (Lipinski definition) is 3. The van der Waals surface area contributed by atoms with Crippen LogP contribution in [0, 0.1) is 11.3 Å². The molecule has 2 N–H and O–H groups in total. The Balaban J connectivity index is 3.76. The van der Waals surface area contributed by atoms with Gasteiger partial charge in [-0.2, -0.15) is 5.26 Å². The largest absolute Gasteiger partial charge is 0.350 e. The summed E-state index contributed by atoms with van der Waals surface area (Å²) in [6.45, 7) is 8.38. The van der Waals surface area contributed by atoms with Gasteiger partial charge in [-0.05, 0) is 40.7 Å². The fourth-order valence-electron chi connectivity index (χ4n) is 1.06. The predicted molar refractivity (Wildman–Crippen MR) is 60.2 cm³/mol. The van der Waals surface area contributed by atoms with Crippen LogP contribution in [-0.4, -0.2) is 24.0 Å². The lowest BCUT2D eigenvalue weighted by Crippen LogP contribution is -2.49. The minimum Gasteiger partial charge on any atom is -0.350 e. The number of carbonyl (C=O) groups is 1. The SMILES string of the molecule is CC(NCCCC#N)C(=O)NC(C)(C)C. The van der Waals surface area contributed by atoms with E-state index in [0.717, 1.165) is 6.42 Å². The molecule has 0 fully saturated rings. The molecule has 1 atom stereocenters. The van der Waals surface area contributed by atoms with Crippen molar-refractivity contribution in [2.75, 3.05) is 6.54 Å². The molecule has 0 saturated heterocycles. The normalized spacial score (nSPS) is 13.0. The standard InChI is InChI=1S/C11H21N3O/c1-9(13-8-6-5-7-12)10(15)14-11(2,3)4/h9,13H,5-6,8H2,1-4H3,(H,14,15). The van der Waals surface area contributed by atoms with E-state index in [9.17, 15) is 4.79 Å². The van der Waals surface area contributed by atoms with Crippen LogP contribution in [0.4, 0.5) is 0 Å². The Bertz CT molecular complexity index is 237. The van der Waals surface area contributed by atoms with Crippen LogP contribution < -0.4 is 10.6 Å². The third-order valence-corrected chi connectivity index (χ3v) is 1.81. The second-order valence-corrected chi connectivity index (χ2v) is 4.68. The third-order valence-electron chi connectivity index (χ3n) is 1.81. The van der Waals surface area contributed by atoms with Gasteiger partial charge in [-0.25, -0.2) is 0 Å². The van der Waals surface area contributed by atoms with Gasteiger partial charge in [0.15, 0.2) is 0 Å². The first-order valence-electron chi connectivity index (χ1n) is 5.29. The van der Waals surface area contributed by atoms with Crippen molar-refractivity contribution in [1.29, 1.82) is 5.26 Å². The highest BCUT2D eigenvalue weighted by molar-refractivity contribution is 5.81. The van der Waals surface area contributed by atoms with Gasteiger partial charge in [-0.3, -0.25) is 4.79 Å². The molecule has 15 heavy (non-hydrogen) atoms. The molecule has 0 aromatic heterocycles. The monoisotopic (exact) mass is 211 g/mol. The highest BCUT2D eigenvalue weighted by Crippen LogP contribution is 1.99. The molecule has 0 heterocycles. The minimum atomic E-state index is -0.206. The Labute approximate surface area is 92.0 Å². The first-order valence-corrected chi connectivity index (χ1v) is 5.29. The van der Waals surface area contributed by atoms with Crippen LogP contribution in [0.1, 0.15) is 40.5 Å². The summed E-state index contributed by atoms with van der Waals surface area (Å²) < 4.78 is 0. The summed E-state index contributed by atoms with van der Waals surface area (Å²) in [5.41, 5.74) is -0.195. The van der Waals surface area contributed by atoms with E-state index in [2.05, 4.69) is 16.7 Å². The van der Waals surface area contributed by atoms with Crippen molar-refractivity contribution >= 4 is 5.91 Å². The van der Waals surface area contributed by atoms with E-state index in [1.807, 2.05) is 27.7 Å². The summed E-state index contributed by atoms with van der Waals surface area (Å²) in [6, 6.07) is 1.86. The van der Waals surface area contributed by atoms with Crippen molar-refractivity contribution in [2.24, 2.45) is 0 Å². The molecule has 4 nitrogen and oxygen atoms in total. The summed E-state index contributed by atoms with van der Waals surface area (Å²) in [5.74, 6) is -0.000502. The lowest BCUT2D eigenvalue weighted by molar-refractivity contribution is -0.124. The molecular weight excluding hydrogens is 190 g/mol. The predicted octanol–water partition coefficient (Wildman–Crippen LogP) is 1.18. The van der Waals surface area contributed by atoms with E-state index in [1.165, 1.54) is 0 Å². The van der Waals surface area contributed by atoms with Crippen LogP contribution in [0.15, 0.2) is 0 Å². The molecule has 0 bridgehead atoms. The molecule has 4 heteroatoms. The highest BCUT2D eigenvalue weighted by Gasteiger charge is 2.18. The van der Waals surface area contributed by atoms with Gasteiger partial charge in [0.05, 0.1) is 12.1 Å². The number of nitrogens with zero attached hydrogens (tertiary/aromatic N) is 1. The molecule has 0 spiro atoms. The van der Waals surface area contributed by atoms with E-state index < -0.39 is 0 Å². The van der Waals surface area contributed by atoms with Crippen molar-refractivity contribution in [3.63, 3.8) is 0 Å². The summed E-state index contributed by atoms with van der Waals surface area (Å²) in [6.07, 6.45) is 1.31. The van der Waals surface area contributed by atoms with Gasteiger partial charge in [0.25, 0.3) is 0 Å². The van der Waals surface area contributed by atoms with Crippen LogP contribution in [0.2, 0.25) is 0 Å². The van der Waals surface area contributed by atoms with E-state index in [1.54, 1.807) is 0 Å². The Kier molecular flexibility index (Phi) is 5.95. The van der Waals surface area contributed by atoms with Gasteiger partial charge in [-0.1, -0.05) is 0 Å². The maximum Gasteiger partial charge on any atom is 0.237 e. The topological polar surface area (TPSA) is 64.9 Å².